The molecule has 0 saturated carbocycles. The van der Waals surface area contributed by atoms with Gasteiger partial charge in [0.25, 0.3) is 0 Å². The van der Waals surface area contributed by atoms with Crippen molar-refractivity contribution in [1.82, 2.24) is 9.97 Å². The summed E-state index contributed by atoms with van der Waals surface area (Å²) >= 11 is 0. The molecule has 2 rings (SSSR count). The van der Waals surface area contributed by atoms with Crippen molar-refractivity contribution in [3.8, 4) is 0 Å². The molecular weight excluding hydrogens is 253 g/mol. The van der Waals surface area contributed by atoms with Crippen LogP contribution >= 0.6 is 0 Å². The van der Waals surface area contributed by atoms with Gasteiger partial charge in [-0.2, -0.15) is 11.4 Å². The second-order valence-electron chi connectivity index (χ2n) is 2.79. The monoisotopic (exact) mass is 259 g/mol. The van der Waals surface area contributed by atoms with Crippen LogP contribution in [0.1, 0.15) is 6.92 Å². The average molecular weight is 259 g/mol. The van der Waals surface area contributed by atoms with E-state index in [0.29, 0.717) is 16.3 Å². The van der Waals surface area contributed by atoms with Gasteiger partial charge in [-0.05, 0) is 12.5 Å². The second kappa shape index (κ2) is 4.19. The predicted octanol–water partition coefficient (Wildman–Crippen LogP) is -0.540. The van der Waals surface area contributed by atoms with Crippen LogP contribution in [0.5, 0.6) is 0 Å². The smallest absolute Gasteiger partial charge is 0.0902 e. The fourth-order valence-corrected chi connectivity index (χ4v) is 1.25. The summed E-state index contributed by atoms with van der Waals surface area (Å²) in [6, 6.07) is 0. The third kappa shape index (κ3) is 1.72. The molecule has 0 spiro atoms. The molecule has 0 unspecified atom stereocenters. The molecule has 4 nitrogen and oxygen atoms in total. The Morgan fingerprint density at radius 2 is 1.79 bits per heavy atom. The first-order valence-electron chi connectivity index (χ1n) is 3.82. The standard InChI is InChI=1S/C9H6N4.Y/c1-5-8(11)6(10)4-7-9(5)13-3-2-12-7;/h2-4H,1H3;/q-2;. The second-order valence-corrected chi connectivity index (χ2v) is 2.79. The summed E-state index contributed by atoms with van der Waals surface area (Å²) in [6.07, 6.45) is 4.48. The van der Waals surface area contributed by atoms with E-state index in [9.17, 15) is 10.8 Å². The van der Waals surface area contributed by atoms with Gasteiger partial charge in [0, 0.05) is 45.1 Å². The molecule has 0 N–H and O–H groups in total. The molecule has 1 aliphatic rings. The molecule has 0 aliphatic heterocycles. The largest absolute Gasteiger partial charge is 0.805 e. The maximum absolute atomic E-state index is 9.39. The van der Waals surface area contributed by atoms with Crippen molar-refractivity contribution in [3.63, 3.8) is 0 Å². The third-order valence-corrected chi connectivity index (χ3v) is 1.95. The summed E-state index contributed by atoms with van der Waals surface area (Å²) in [5.41, 5.74) is 0.251. The van der Waals surface area contributed by atoms with Gasteiger partial charge in [-0.1, -0.05) is 6.08 Å². The van der Waals surface area contributed by atoms with Gasteiger partial charge < -0.3 is 10.8 Å². The van der Waals surface area contributed by atoms with Gasteiger partial charge >= 0.3 is 0 Å². The normalized spacial score (nSPS) is 14.2. The minimum Gasteiger partial charge on any atom is -0.805 e. The maximum Gasteiger partial charge on any atom is 0.0902 e. The molecule has 0 amide bonds. The average Bonchev–Trinajstić information content (AvgIpc) is 2.15. The number of hydrogen-bond donors (Lipinski definition) is 0. The van der Waals surface area contributed by atoms with Gasteiger partial charge in [0.05, 0.1) is 10.7 Å². The van der Waals surface area contributed by atoms with Crippen LogP contribution in [0.3, 0.4) is 0 Å². The van der Waals surface area contributed by atoms with E-state index >= 15 is 0 Å². The molecule has 0 saturated heterocycles. The molecule has 0 fully saturated rings. The number of fused-ring (bicyclic) bond motifs is 1. The van der Waals surface area contributed by atoms with Gasteiger partial charge in [0.2, 0.25) is 0 Å². The summed E-state index contributed by atoms with van der Waals surface area (Å²) in [7, 11) is 0. The van der Waals surface area contributed by atoms with Crippen molar-refractivity contribution in [3.05, 3.63) is 33.9 Å². The zero-order valence-electron chi connectivity index (χ0n) is 7.60. The van der Waals surface area contributed by atoms with E-state index in [0.717, 1.165) is 0 Å². The van der Waals surface area contributed by atoms with Crippen molar-refractivity contribution >= 4 is 23.1 Å². The Morgan fingerprint density at radius 3 is 2.50 bits per heavy atom. The first-order chi connectivity index (χ1) is 6.20. The Balaban J connectivity index is 0.000000980. The Labute approximate surface area is 106 Å². The van der Waals surface area contributed by atoms with Crippen LogP contribution in [0, 0.1) is 0 Å². The molecule has 1 aromatic heterocycles. The zero-order valence-corrected chi connectivity index (χ0v) is 10.4. The van der Waals surface area contributed by atoms with Gasteiger partial charge in [-0.25, -0.2) is 0 Å². The van der Waals surface area contributed by atoms with Crippen molar-refractivity contribution in [1.29, 1.82) is 0 Å². The van der Waals surface area contributed by atoms with E-state index in [-0.39, 0.29) is 44.1 Å². The fraction of sp³-hybridized carbons (Fsp3) is 0.111. The third-order valence-electron chi connectivity index (χ3n) is 1.95. The number of rotatable bonds is 0. The van der Waals surface area contributed by atoms with Crippen LogP contribution in [0.15, 0.2) is 12.4 Å². The summed E-state index contributed by atoms with van der Waals surface area (Å²) in [5.74, 6) is 0. The minimum absolute atomic E-state index is 0. The Hall–Kier alpha value is -0.736. The Morgan fingerprint density at radius 1 is 1.14 bits per heavy atom. The number of hydrogen-bond acceptors (Lipinski definition) is 2. The molecule has 1 aliphatic carbocycles. The van der Waals surface area contributed by atoms with Gasteiger partial charge in [0.1, 0.15) is 0 Å². The predicted molar refractivity (Wildman–Crippen MR) is 51.6 cm³/mol. The summed E-state index contributed by atoms with van der Waals surface area (Å²) in [6.45, 7) is 1.69. The van der Waals surface area contributed by atoms with E-state index in [1.54, 1.807) is 13.1 Å². The van der Waals surface area contributed by atoms with Crippen LogP contribution < -0.4 is 10.7 Å². The molecule has 0 aromatic carbocycles. The summed E-state index contributed by atoms with van der Waals surface area (Å²) in [5, 5.41) is 19.9. The first kappa shape index (κ1) is 11.3. The van der Waals surface area contributed by atoms with E-state index in [2.05, 4.69) is 9.97 Å². The first-order valence-corrected chi connectivity index (χ1v) is 3.82. The van der Waals surface area contributed by atoms with Crippen LogP contribution in [0.2, 0.25) is 0 Å². The van der Waals surface area contributed by atoms with E-state index in [1.165, 1.54) is 12.3 Å². The molecule has 0 bridgehead atoms. The maximum atomic E-state index is 9.39. The molecule has 5 heteroatoms. The van der Waals surface area contributed by atoms with Crippen molar-refractivity contribution in [2.45, 2.75) is 6.92 Å². The van der Waals surface area contributed by atoms with Gasteiger partial charge in [-0.15, -0.1) is 0 Å². The Bertz CT molecular complexity index is 518. The molecule has 14 heavy (non-hydrogen) atoms. The SMILES string of the molecule is CC1=c2nccnc2=CC(=[N-])C1=[N-].[Y]. The summed E-state index contributed by atoms with van der Waals surface area (Å²) in [4.78, 5) is 8.06. The van der Waals surface area contributed by atoms with Crippen LogP contribution in [-0.4, -0.2) is 21.4 Å². The van der Waals surface area contributed by atoms with Crippen LogP contribution in [0.4, 0.5) is 0 Å². The molecule has 0 atom stereocenters. The zero-order chi connectivity index (χ0) is 9.42. The Kier molecular flexibility index (Phi) is 3.40. The quantitative estimate of drug-likeness (QED) is 0.627. The van der Waals surface area contributed by atoms with Crippen molar-refractivity contribution in [2.75, 3.05) is 0 Å². The summed E-state index contributed by atoms with van der Waals surface area (Å²) < 4.78 is 0. The topological polar surface area (TPSA) is 70.4 Å². The molecule has 1 aromatic rings. The van der Waals surface area contributed by atoms with Crippen LogP contribution in [0.25, 0.3) is 22.5 Å². The van der Waals surface area contributed by atoms with Crippen LogP contribution in [-0.2, 0) is 32.7 Å². The number of nitrogens with zero attached hydrogens (tertiary/aromatic N) is 4. The van der Waals surface area contributed by atoms with Crippen molar-refractivity contribution < 1.29 is 32.7 Å². The van der Waals surface area contributed by atoms with E-state index < -0.39 is 0 Å². The van der Waals surface area contributed by atoms with Crippen molar-refractivity contribution in [2.24, 2.45) is 0 Å². The minimum atomic E-state index is -0.162. The molecule has 1 heterocycles. The fourth-order valence-electron chi connectivity index (χ4n) is 1.25. The molecule has 67 valence electrons. The molecular formula is C9H6N4Y-2. The number of aromatic nitrogens is 2. The van der Waals surface area contributed by atoms with E-state index in [4.69, 9.17) is 0 Å². The molecule has 1 radical (unpaired) electrons. The van der Waals surface area contributed by atoms with Gasteiger partial charge in [0.15, 0.2) is 0 Å². The van der Waals surface area contributed by atoms with E-state index in [1.807, 2.05) is 0 Å². The van der Waals surface area contributed by atoms with Gasteiger partial charge in [-0.3, -0.25) is 9.97 Å².